The van der Waals surface area contributed by atoms with Crippen molar-refractivity contribution in [3.8, 4) is 5.75 Å². The summed E-state index contributed by atoms with van der Waals surface area (Å²) in [7, 11) is -2.27. The number of allylic oxidation sites excluding steroid dienone is 1. The van der Waals surface area contributed by atoms with E-state index in [1.54, 1.807) is 6.92 Å². The summed E-state index contributed by atoms with van der Waals surface area (Å²) < 4.78 is 26.5. The van der Waals surface area contributed by atoms with Gasteiger partial charge in [-0.2, -0.15) is 0 Å². The third-order valence-electron chi connectivity index (χ3n) is 3.84. The van der Waals surface area contributed by atoms with Gasteiger partial charge < -0.3 is 4.74 Å². The van der Waals surface area contributed by atoms with E-state index < -0.39 is 32.1 Å². The van der Waals surface area contributed by atoms with Crippen molar-refractivity contribution in [1.82, 2.24) is 4.98 Å². The molecule has 1 heterocycles. The van der Waals surface area contributed by atoms with Crippen LogP contribution in [0.4, 0.5) is 5.69 Å². The van der Waals surface area contributed by atoms with Crippen LogP contribution in [-0.2, 0) is 9.46 Å². The van der Waals surface area contributed by atoms with Crippen molar-refractivity contribution in [1.29, 1.82) is 0 Å². The van der Waals surface area contributed by atoms with Crippen LogP contribution >= 0.6 is 0 Å². The molecule has 1 rings (SSSR count). The van der Waals surface area contributed by atoms with Crippen molar-refractivity contribution in [3.63, 3.8) is 0 Å². The van der Waals surface area contributed by atoms with Gasteiger partial charge in [0.1, 0.15) is 18.9 Å². The van der Waals surface area contributed by atoms with Crippen LogP contribution in [0.5, 0.6) is 5.75 Å². The summed E-state index contributed by atoms with van der Waals surface area (Å²) in [6.45, 7) is 12.1. The van der Waals surface area contributed by atoms with Gasteiger partial charge in [0.2, 0.25) is 14.1 Å². The van der Waals surface area contributed by atoms with Crippen molar-refractivity contribution < 1.29 is 21.9 Å². The van der Waals surface area contributed by atoms with Gasteiger partial charge in [0.15, 0.2) is 0 Å². The largest absolute Gasteiger partial charge is 0.484 e. The zero-order valence-corrected chi connectivity index (χ0v) is 16.0. The fraction of sp³-hybridized carbons (Fsp3) is 0.562. The van der Waals surface area contributed by atoms with E-state index in [1.807, 2.05) is 33.9 Å². The van der Waals surface area contributed by atoms with Crippen molar-refractivity contribution >= 4 is 19.6 Å². The molecule has 1 aromatic rings. The molecule has 0 radical (unpaired) electrons. The second-order valence-corrected chi connectivity index (χ2v) is 11.6. The summed E-state index contributed by atoms with van der Waals surface area (Å²) >= 11 is 0. The standard InChI is InChI=1S/C16H26N2O5Si/c1-12(2)14-15(18(19)20)13(8-9-17-14)21-10-11-22-23-24(6,7)16(3,4)5/h8-9H,1,10-11H2,2-7H3/i10D,11D. The molecule has 7 nitrogen and oxygen atoms in total. The van der Waals surface area contributed by atoms with Crippen LogP contribution < -0.4 is 4.74 Å². The van der Waals surface area contributed by atoms with Gasteiger partial charge in [-0.25, -0.2) is 9.87 Å². The first-order chi connectivity index (χ1) is 11.8. The van der Waals surface area contributed by atoms with E-state index in [0.29, 0.717) is 5.57 Å². The Morgan fingerprint density at radius 3 is 2.58 bits per heavy atom. The minimum absolute atomic E-state index is 0.0691. The molecule has 0 fully saturated rings. The Balaban J connectivity index is 2.91. The SMILES string of the molecule is [2H]C(OO[Si](C)(C)C(C)(C)C)C([2H])Oc1ccnc(C(=C)C)c1[N+](=O)[O-]. The highest BCUT2D eigenvalue weighted by molar-refractivity contribution is 6.73. The maximum atomic E-state index is 11.4. The number of rotatable bonds is 8. The quantitative estimate of drug-likeness (QED) is 0.298. The lowest BCUT2D eigenvalue weighted by atomic mass is 10.2. The molecule has 0 spiro atoms. The molecular weight excluding hydrogens is 328 g/mol. The Kier molecular flexibility index (Phi) is 5.59. The first kappa shape index (κ1) is 17.1. The average molecular weight is 356 g/mol. The van der Waals surface area contributed by atoms with E-state index in [0.717, 1.165) is 0 Å². The predicted octanol–water partition coefficient (Wildman–Crippen LogP) is 4.36. The van der Waals surface area contributed by atoms with E-state index >= 15 is 0 Å². The van der Waals surface area contributed by atoms with Gasteiger partial charge in [-0.1, -0.05) is 27.4 Å². The third kappa shape index (κ3) is 5.12. The Labute approximate surface area is 146 Å². The third-order valence-corrected chi connectivity index (χ3v) is 7.97. The van der Waals surface area contributed by atoms with Gasteiger partial charge in [-0.3, -0.25) is 14.7 Å². The molecule has 0 aromatic carbocycles. The maximum Gasteiger partial charge on any atom is 0.336 e. The number of hydrogen-bond acceptors (Lipinski definition) is 6. The number of hydrogen-bond donors (Lipinski definition) is 0. The molecule has 0 saturated heterocycles. The van der Waals surface area contributed by atoms with Crippen LogP contribution in [-0.4, -0.2) is 31.4 Å². The highest BCUT2D eigenvalue weighted by Crippen LogP contribution is 2.36. The van der Waals surface area contributed by atoms with E-state index in [-0.39, 0.29) is 16.5 Å². The fourth-order valence-electron chi connectivity index (χ4n) is 1.42. The average Bonchev–Trinajstić information content (AvgIpc) is 2.50. The lowest BCUT2D eigenvalue weighted by molar-refractivity contribution is -0.386. The van der Waals surface area contributed by atoms with Crippen LogP contribution in [0.2, 0.25) is 18.1 Å². The summed E-state index contributed by atoms with van der Waals surface area (Å²) in [6.07, 6.45) is 1.32. The first-order valence-electron chi connectivity index (χ1n) is 8.58. The van der Waals surface area contributed by atoms with Crippen LogP contribution in [0.15, 0.2) is 18.8 Å². The Hall–Kier alpha value is -1.77. The summed E-state index contributed by atoms with van der Waals surface area (Å²) in [4.78, 5) is 19.7. The highest BCUT2D eigenvalue weighted by Gasteiger charge is 2.39. The predicted molar refractivity (Wildman–Crippen MR) is 95.3 cm³/mol. The minimum Gasteiger partial charge on any atom is -0.484 e. The summed E-state index contributed by atoms with van der Waals surface area (Å²) in [5.74, 6) is -0.170. The molecule has 0 amide bonds. The van der Waals surface area contributed by atoms with Gasteiger partial charge in [-0.15, -0.1) is 0 Å². The molecule has 24 heavy (non-hydrogen) atoms. The summed E-state index contributed by atoms with van der Waals surface area (Å²) in [5.41, 5.74) is 0.0676. The van der Waals surface area contributed by atoms with Crippen molar-refractivity contribution in [2.45, 2.75) is 45.8 Å². The number of aromatic nitrogens is 1. The Morgan fingerprint density at radius 2 is 2.08 bits per heavy atom. The molecule has 0 aliphatic heterocycles. The molecule has 8 heteroatoms. The smallest absolute Gasteiger partial charge is 0.336 e. The van der Waals surface area contributed by atoms with Gasteiger partial charge in [0.25, 0.3) is 0 Å². The summed E-state index contributed by atoms with van der Waals surface area (Å²) in [6, 6.07) is 1.27. The Morgan fingerprint density at radius 1 is 1.46 bits per heavy atom. The van der Waals surface area contributed by atoms with E-state index in [1.165, 1.54) is 12.3 Å². The molecule has 2 unspecified atom stereocenters. The van der Waals surface area contributed by atoms with Gasteiger partial charge in [0, 0.05) is 12.3 Å². The van der Waals surface area contributed by atoms with E-state index in [9.17, 15) is 10.1 Å². The molecule has 134 valence electrons. The van der Waals surface area contributed by atoms with E-state index in [4.69, 9.17) is 16.9 Å². The topological polar surface area (TPSA) is 83.7 Å². The van der Waals surface area contributed by atoms with Gasteiger partial charge in [0.05, 0.1) is 7.66 Å². The summed E-state index contributed by atoms with van der Waals surface area (Å²) in [5, 5.41) is 11.2. The maximum absolute atomic E-state index is 11.4. The van der Waals surface area contributed by atoms with Crippen molar-refractivity contribution in [2.75, 3.05) is 13.2 Å². The van der Waals surface area contributed by atoms with Crippen LogP contribution in [0.25, 0.3) is 5.57 Å². The van der Waals surface area contributed by atoms with Crippen molar-refractivity contribution in [3.05, 3.63) is 34.7 Å². The monoisotopic (exact) mass is 356 g/mol. The molecule has 2 atom stereocenters. The highest BCUT2D eigenvalue weighted by atomic mass is 28.4. The van der Waals surface area contributed by atoms with Gasteiger partial charge >= 0.3 is 5.69 Å². The second-order valence-electron chi connectivity index (χ2n) is 6.87. The van der Waals surface area contributed by atoms with Crippen LogP contribution in [0, 0.1) is 10.1 Å². The zero-order valence-electron chi connectivity index (χ0n) is 17.0. The molecule has 0 N–H and O–H groups in total. The minimum atomic E-state index is -2.27. The van der Waals surface area contributed by atoms with Crippen LogP contribution in [0.1, 0.15) is 36.1 Å². The number of pyridine rings is 1. The van der Waals surface area contributed by atoms with Crippen molar-refractivity contribution in [2.24, 2.45) is 0 Å². The van der Waals surface area contributed by atoms with Gasteiger partial charge in [-0.05, 0) is 30.6 Å². The second kappa shape index (κ2) is 7.87. The number of nitro groups is 1. The first-order valence-corrected chi connectivity index (χ1v) is 10.3. The van der Waals surface area contributed by atoms with Crippen LogP contribution in [0.3, 0.4) is 0 Å². The normalized spacial score (nSPS) is 15.9. The molecule has 0 bridgehead atoms. The number of nitrogens with zero attached hydrogens (tertiary/aromatic N) is 2. The molecular formula is C16H26N2O5Si. The van der Waals surface area contributed by atoms with E-state index in [2.05, 4.69) is 11.6 Å². The Bertz CT molecular complexity index is 679. The molecule has 0 aliphatic rings. The number of ether oxygens (including phenoxy) is 1. The molecule has 0 aliphatic carbocycles. The molecule has 1 aromatic heterocycles. The molecule has 0 saturated carbocycles. The lowest BCUT2D eigenvalue weighted by Crippen LogP contribution is -2.41. The zero-order chi connectivity index (χ0) is 20.3. The lowest BCUT2D eigenvalue weighted by Gasteiger charge is -2.34. The fourth-order valence-corrected chi connectivity index (χ4v) is 1.96.